The van der Waals surface area contributed by atoms with E-state index in [0.29, 0.717) is 50.0 Å². The number of rotatable bonds is 7. The summed E-state index contributed by atoms with van der Waals surface area (Å²) in [6.45, 7) is 7.93. The first-order valence-electron chi connectivity index (χ1n) is 21.5. The number of likely N-dealkylation sites (N-methyl/N-ethyl adjacent to an activating group) is 1. The van der Waals surface area contributed by atoms with Crippen molar-refractivity contribution in [1.82, 2.24) is 19.7 Å². The van der Waals surface area contributed by atoms with Crippen LogP contribution in [0.25, 0.3) is 10.9 Å². The predicted molar refractivity (Wildman–Crippen MR) is 224 cm³/mol. The number of hydrogen-bond acceptors (Lipinski definition) is 10. The minimum absolute atomic E-state index is 0.0103. The molecule has 0 radical (unpaired) electrons. The van der Waals surface area contributed by atoms with Crippen LogP contribution in [-0.4, -0.2) is 132 Å². The third-order valence-corrected chi connectivity index (χ3v) is 16.2. The number of piperidine rings is 1. The van der Waals surface area contributed by atoms with Gasteiger partial charge < -0.3 is 29.2 Å². The number of halogens is 1. The van der Waals surface area contributed by atoms with Gasteiger partial charge in [-0.15, -0.1) is 11.6 Å². The molecular formula is C46H56ClN5O7. The summed E-state index contributed by atoms with van der Waals surface area (Å²) < 4.78 is 18.9. The Morgan fingerprint density at radius 1 is 1.07 bits per heavy atom. The summed E-state index contributed by atoms with van der Waals surface area (Å²) in [7, 11) is 5.13. The number of nitrogens with zero attached hydrogens (tertiary/aromatic N) is 4. The molecule has 59 heavy (non-hydrogen) atoms. The van der Waals surface area contributed by atoms with Crippen molar-refractivity contribution in [2.45, 2.75) is 92.9 Å². The Morgan fingerprint density at radius 2 is 1.88 bits per heavy atom. The van der Waals surface area contributed by atoms with Crippen molar-refractivity contribution in [3.8, 4) is 5.75 Å². The zero-order valence-electron chi connectivity index (χ0n) is 34.8. The van der Waals surface area contributed by atoms with E-state index >= 15 is 4.79 Å². The summed E-state index contributed by atoms with van der Waals surface area (Å²) in [6, 6.07) is 11.9. The lowest BCUT2D eigenvalue weighted by molar-refractivity contribution is -0.152. The van der Waals surface area contributed by atoms with Crippen LogP contribution < -0.4 is 9.64 Å². The fourth-order valence-corrected chi connectivity index (χ4v) is 14.1. The van der Waals surface area contributed by atoms with Crippen LogP contribution in [0.1, 0.15) is 74.8 Å². The van der Waals surface area contributed by atoms with E-state index in [2.05, 4.69) is 57.0 Å². The van der Waals surface area contributed by atoms with Crippen LogP contribution in [0.15, 0.2) is 48.6 Å². The number of ether oxygens (including phenoxy) is 3. The Balaban J connectivity index is 1.26. The molecule has 13 heteroatoms. The fraction of sp³-hybridized carbons (Fsp3) is 0.587. The molecule has 3 aromatic rings. The monoisotopic (exact) mass is 825 g/mol. The van der Waals surface area contributed by atoms with Crippen LogP contribution in [-0.2, 0) is 36.3 Å². The number of aromatic nitrogens is 1. The highest BCUT2D eigenvalue weighted by molar-refractivity contribution is 6.18. The standard InChI is InChI=1S/C46H56ClN5O7/c1-6-42-14-10-17-51-19-15-44(37(42)51)31-21-32(35(57-4)22-34(31)49(3)38(44)46(26-42)39(53)52(20-16-47)41(55)59-46)45(40(54)58-5)24-28-23-43(56,7-2)27-50(25-28)18-13-30-29-11-8-9-12-33(29)48-36(30)45/h8-12,14,21-22,28,37-38,48,56H,6-7,13,15-20,23-27H2,1-5H3/t28?,37-,38+,42-,43-,44+,45-,46?/m0/s1. The number of amides is 2. The van der Waals surface area contributed by atoms with Crippen LogP contribution in [0, 0.1) is 11.3 Å². The van der Waals surface area contributed by atoms with Gasteiger partial charge in [0.05, 0.1) is 25.9 Å². The molecular weight excluding hydrogens is 770 g/mol. The molecule has 314 valence electrons. The number of para-hydroxylation sites is 1. The van der Waals surface area contributed by atoms with Gasteiger partial charge in [0, 0.05) is 103 Å². The summed E-state index contributed by atoms with van der Waals surface area (Å²) in [4.78, 5) is 56.2. The first-order valence-corrected chi connectivity index (χ1v) is 22.0. The Morgan fingerprint density at radius 3 is 2.63 bits per heavy atom. The highest BCUT2D eigenvalue weighted by Crippen LogP contribution is 2.69. The topological polar surface area (TPSA) is 128 Å². The number of carbonyl (C=O) groups excluding carboxylic acids is 3. The minimum Gasteiger partial charge on any atom is -0.496 e. The van der Waals surface area contributed by atoms with Gasteiger partial charge in [0.15, 0.2) is 0 Å². The van der Waals surface area contributed by atoms with Crippen molar-refractivity contribution in [1.29, 1.82) is 0 Å². The zero-order chi connectivity index (χ0) is 41.3. The lowest BCUT2D eigenvalue weighted by Crippen LogP contribution is -2.74. The third-order valence-electron chi connectivity index (χ3n) is 16.0. The Kier molecular flexibility index (Phi) is 8.90. The van der Waals surface area contributed by atoms with Crippen molar-refractivity contribution in [3.63, 3.8) is 0 Å². The molecule has 1 saturated carbocycles. The fourth-order valence-electron chi connectivity index (χ4n) is 13.9. The van der Waals surface area contributed by atoms with Gasteiger partial charge in [0.25, 0.3) is 5.91 Å². The van der Waals surface area contributed by atoms with Crippen molar-refractivity contribution in [2.75, 3.05) is 71.3 Å². The van der Waals surface area contributed by atoms with Gasteiger partial charge in [-0.25, -0.2) is 9.69 Å². The number of aromatic amines is 1. The van der Waals surface area contributed by atoms with E-state index in [4.69, 9.17) is 25.8 Å². The molecule has 4 fully saturated rings. The van der Waals surface area contributed by atoms with Gasteiger partial charge in [-0.1, -0.05) is 44.2 Å². The van der Waals surface area contributed by atoms with E-state index in [9.17, 15) is 14.7 Å². The average molecular weight is 826 g/mol. The van der Waals surface area contributed by atoms with Crippen LogP contribution in [0.5, 0.6) is 5.75 Å². The summed E-state index contributed by atoms with van der Waals surface area (Å²) >= 11 is 6.20. The summed E-state index contributed by atoms with van der Waals surface area (Å²) in [5, 5.41) is 13.1. The second-order valence-corrected chi connectivity index (χ2v) is 19.0. The first-order chi connectivity index (χ1) is 28.4. The van der Waals surface area contributed by atoms with Gasteiger partial charge in [-0.05, 0) is 74.2 Å². The molecule has 7 heterocycles. The first kappa shape index (κ1) is 39.1. The lowest BCUT2D eigenvalue weighted by atomic mass is 9.49. The zero-order valence-corrected chi connectivity index (χ0v) is 35.6. The SMILES string of the molecule is CC[C@]1(O)CC2CN(CCc3c([nH]c4ccccc34)[C@@](C(=O)OC)(c3cc4c(cc3OC)N(C)[C@H]3C5(C[C@]6(CC)C=CCN7CC[C@]43[C@@H]76)OC(=O)N(CCCl)C5=O)C2)C1. The van der Waals surface area contributed by atoms with Crippen molar-refractivity contribution >= 4 is 46.2 Å². The number of methoxy groups -OCH3 is 2. The summed E-state index contributed by atoms with van der Waals surface area (Å²) in [5.74, 6) is -0.143. The highest BCUT2D eigenvalue weighted by atomic mass is 35.5. The maximum atomic E-state index is 15.4. The van der Waals surface area contributed by atoms with E-state index in [0.717, 1.165) is 72.4 Å². The van der Waals surface area contributed by atoms with E-state index < -0.39 is 45.6 Å². The number of H-pyrrole nitrogens is 1. The van der Waals surface area contributed by atoms with Gasteiger partial charge in [0.1, 0.15) is 11.2 Å². The van der Waals surface area contributed by atoms with Crippen molar-refractivity contribution < 1.29 is 33.7 Å². The Bertz CT molecular complexity index is 2300. The number of imide groups is 1. The van der Waals surface area contributed by atoms with E-state index in [1.165, 1.54) is 12.0 Å². The molecule has 1 aliphatic carbocycles. The van der Waals surface area contributed by atoms with E-state index in [1.807, 2.05) is 32.2 Å². The summed E-state index contributed by atoms with van der Waals surface area (Å²) in [5.41, 5.74) is 0.507. The maximum Gasteiger partial charge on any atom is 0.417 e. The highest BCUT2D eigenvalue weighted by Gasteiger charge is 2.79. The predicted octanol–water partition coefficient (Wildman–Crippen LogP) is 5.50. The normalized spacial score (nSPS) is 37.1. The molecule has 9 atom stereocenters. The van der Waals surface area contributed by atoms with Crippen LogP contribution in [0.4, 0.5) is 10.5 Å². The largest absolute Gasteiger partial charge is 0.496 e. The minimum atomic E-state index is -1.48. The number of aliphatic hydroxyl groups is 1. The summed E-state index contributed by atoms with van der Waals surface area (Å²) in [6.07, 6.45) is 7.89. The van der Waals surface area contributed by atoms with Crippen LogP contribution in [0.2, 0.25) is 0 Å². The molecule has 3 saturated heterocycles. The number of fused-ring (bicyclic) bond motifs is 7. The molecule has 3 unspecified atom stereocenters. The number of hydrogen-bond donors (Lipinski definition) is 2. The Labute approximate surface area is 350 Å². The van der Waals surface area contributed by atoms with E-state index in [-0.39, 0.29) is 30.3 Å². The quantitative estimate of drug-likeness (QED) is 0.179. The van der Waals surface area contributed by atoms with Gasteiger partial charge in [-0.3, -0.25) is 19.4 Å². The molecule has 12 nitrogen and oxygen atoms in total. The molecule has 2 amide bonds. The molecule has 6 aliphatic heterocycles. The Hall–Kier alpha value is -4.10. The molecule has 2 N–H and O–H groups in total. The lowest BCUT2D eigenvalue weighted by Gasteiger charge is -2.60. The molecule has 7 aliphatic rings. The molecule has 2 aromatic carbocycles. The van der Waals surface area contributed by atoms with Crippen LogP contribution >= 0.6 is 11.6 Å². The number of nitrogens with one attached hydrogen (secondary N) is 1. The van der Waals surface area contributed by atoms with E-state index in [1.54, 1.807) is 7.11 Å². The number of esters is 1. The molecule has 2 spiro atoms. The second kappa shape index (κ2) is 13.4. The number of carbonyl (C=O) groups is 3. The van der Waals surface area contributed by atoms with Crippen LogP contribution in [0.3, 0.4) is 0 Å². The average Bonchev–Trinajstić information content (AvgIpc) is 3.95. The van der Waals surface area contributed by atoms with Gasteiger partial charge in [0.2, 0.25) is 5.60 Å². The van der Waals surface area contributed by atoms with Crippen molar-refractivity contribution in [3.05, 3.63) is 70.9 Å². The number of alkyl halides is 1. The van der Waals surface area contributed by atoms with Gasteiger partial charge in [-0.2, -0.15) is 0 Å². The number of anilines is 1. The number of benzene rings is 2. The van der Waals surface area contributed by atoms with Crippen molar-refractivity contribution in [2.24, 2.45) is 11.3 Å². The third kappa shape index (κ3) is 5.03. The smallest absolute Gasteiger partial charge is 0.417 e. The molecule has 10 rings (SSSR count). The molecule has 2 bridgehead atoms. The van der Waals surface area contributed by atoms with Gasteiger partial charge >= 0.3 is 12.1 Å². The second-order valence-electron chi connectivity index (χ2n) is 18.6. The maximum absolute atomic E-state index is 15.4. The molecule has 1 aromatic heterocycles.